The minimum atomic E-state index is -0.105. The van der Waals surface area contributed by atoms with Gasteiger partial charge in [-0.3, -0.25) is 0 Å². The third-order valence-electron chi connectivity index (χ3n) is 3.05. The molecule has 0 aromatic carbocycles. The lowest BCUT2D eigenvalue weighted by molar-refractivity contribution is 0.264. The van der Waals surface area contributed by atoms with Gasteiger partial charge in [0.1, 0.15) is 0 Å². The van der Waals surface area contributed by atoms with Gasteiger partial charge in [0.2, 0.25) is 0 Å². The van der Waals surface area contributed by atoms with Gasteiger partial charge in [-0.05, 0) is 12.8 Å². The average molecular weight is 206 g/mol. The second-order valence-corrected chi connectivity index (χ2v) is 4.83. The summed E-state index contributed by atoms with van der Waals surface area (Å²) in [6.45, 7) is 0. The maximum Gasteiger partial charge on any atom is 0.0794 e. The molecule has 1 aromatic heterocycles. The van der Waals surface area contributed by atoms with Gasteiger partial charge in [0.05, 0.1) is 22.7 Å². The summed E-state index contributed by atoms with van der Waals surface area (Å²) in [6, 6.07) is 2.52. The quantitative estimate of drug-likeness (QED) is 0.745. The average Bonchev–Trinajstić information content (AvgIpc) is 2.72. The van der Waals surface area contributed by atoms with Crippen molar-refractivity contribution >= 4 is 11.3 Å². The van der Waals surface area contributed by atoms with Gasteiger partial charge in [-0.2, -0.15) is 5.26 Å². The smallest absolute Gasteiger partial charge is 0.0794 e. The van der Waals surface area contributed by atoms with Crippen LogP contribution in [-0.2, 0) is 6.42 Å². The lowest BCUT2D eigenvalue weighted by Crippen LogP contribution is -2.24. The van der Waals surface area contributed by atoms with Crippen molar-refractivity contribution in [2.45, 2.75) is 38.5 Å². The number of nitriles is 1. The Labute approximate surface area is 88.6 Å². The predicted molar refractivity (Wildman–Crippen MR) is 56.9 cm³/mol. The first-order valence-corrected chi connectivity index (χ1v) is 6.07. The first-order valence-electron chi connectivity index (χ1n) is 5.13. The van der Waals surface area contributed by atoms with Crippen LogP contribution in [0.3, 0.4) is 0 Å². The van der Waals surface area contributed by atoms with Gasteiger partial charge in [0, 0.05) is 11.8 Å². The second kappa shape index (κ2) is 4.10. The number of aromatic nitrogens is 1. The summed E-state index contributed by atoms with van der Waals surface area (Å²) in [4.78, 5) is 4.27. The summed E-state index contributed by atoms with van der Waals surface area (Å²) >= 11 is 1.62. The summed E-state index contributed by atoms with van der Waals surface area (Å²) in [6.07, 6.45) is 6.67. The Balaban J connectivity index is 2.09. The van der Waals surface area contributed by atoms with E-state index in [2.05, 4.69) is 16.4 Å². The van der Waals surface area contributed by atoms with Gasteiger partial charge >= 0.3 is 0 Å². The Kier molecular flexibility index (Phi) is 2.83. The van der Waals surface area contributed by atoms with Gasteiger partial charge in [-0.15, -0.1) is 11.3 Å². The van der Waals surface area contributed by atoms with Crippen LogP contribution in [0.15, 0.2) is 10.9 Å². The molecular formula is C11H14N2S. The fourth-order valence-electron chi connectivity index (χ4n) is 2.23. The predicted octanol–water partition coefficient (Wildman–Crippen LogP) is 3.16. The fourth-order valence-corrected chi connectivity index (χ4v) is 2.79. The molecule has 1 fully saturated rings. The molecule has 0 amide bonds. The van der Waals surface area contributed by atoms with Crippen molar-refractivity contribution in [1.82, 2.24) is 4.98 Å². The summed E-state index contributed by atoms with van der Waals surface area (Å²) < 4.78 is 0. The minimum absolute atomic E-state index is 0.105. The third kappa shape index (κ3) is 1.96. The van der Waals surface area contributed by atoms with E-state index < -0.39 is 0 Å². The molecule has 0 saturated heterocycles. The lowest BCUT2D eigenvalue weighted by atomic mass is 9.72. The van der Waals surface area contributed by atoms with E-state index in [0.717, 1.165) is 25.0 Å². The van der Waals surface area contributed by atoms with E-state index >= 15 is 0 Å². The van der Waals surface area contributed by atoms with Crippen molar-refractivity contribution < 1.29 is 0 Å². The Morgan fingerprint density at radius 3 is 2.79 bits per heavy atom. The Morgan fingerprint density at radius 2 is 2.21 bits per heavy atom. The Hall–Kier alpha value is -0.880. The van der Waals surface area contributed by atoms with Crippen LogP contribution in [0.1, 0.15) is 37.8 Å². The highest BCUT2D eigenvalue weighted by molar-refractivity contribution is 7.07. The van der Waals surface area contributed by atoms with Crippen LogP contribution in [0, 0.1) is 16.7 Å². The van der Waals surface area contributed by atoms with E-state index in [1.807, 2.05) is 5.51 Å². The van der Waals surface area contributed by atoms with E-state index in [9.17, 15) is 5.26 Å². The molecule has 0 bridgehead atoms. The zero-order chi connectivity index (χ0) is 9.86. The van der Waals surface area contributed by atoms with E-state index in [1.54, 1.807) is 11.3 Å². The number of hydrogen-bond donors (Lipinski definition) is 0. The topological polar surface area (TPSA) is 36.7 Å². The number of rotatable bonds is 2. The van der Waals surface area contributed by atoms with Gasteiger partial charge in [-0.25, -0.2) is 4.98 Å². The maximum absolute atomic E-state index is 9.27. The van der Waals surface area contributed by atoms with Crippen LogP contribution in [-0.4, -0.2) is 4.98 Å². The highest BCUT2D eigenvalue weighted by atomic mass is 32.1. The van der Waals surface area contributed by atoms with Crippen LogP contribution in [0.25, 0.3) is 0 Å². The summed E-state index contributed by atoms with van der Waals surface area (Å²) in [5, 5.41) is 11.3. The molecule has 3 heteroatoms. The van der Waals surface area contributed by atoms with E-state index in [-0.39, 0.29) is 5.41 Å². The van der Waals surface area contributed by atoms with Crippen molar-refractivity contribution in [2.75, 3.05) is 0 Å². The number of nitrogens with zero attached hydrogens (tertiary/aromatic N) is 2. The largest absolute Gasteiger partial charge is 0.250 e. The number of hydrogen-bond acceptors (Lipinski definition) is 3. The normalized spacial score (nSPS) is 20.2. The molecule has 1 heterocycles. The van der Waals surface area contributed by atoms with Crippen molar-refractivity contribution in [3.63, 3.8) is 0 Å². The van der Waals surface area contributed by atoms with E-state index in [4.69, 9.17) is 0 Å². The SMILES string of the molecule is N#CC1(Cc2cscn2)CCCCC1. The zero-order valence-corrected chi connectivity index (χ0v) is 9.02. The lowest BCUT2D eigenvalue weighted by Gasteiger charge is -2.29. The van der Waals surface area contributed by atoms with Crippen LogP contribution in [0.2, 0.25) is 0 Å². The summed E-state index contributed by atoms with van der Waals surface area (Å²) in [7, 11) is 0. The highest BCUT2D eigenvalue weighted by Crippen LogP contribution is 2.38. The first-order chi connectivity index (χ1) is 6.85. The van der Waals surface area contributed by atoms with Gasteiger partial charge < -0.3 is 0 Å². The van der Waals surface area contributed by atoms with Gasteiger partial charge in [0.25, 0.3) is 0 Å². The van der Waals surface area contributed by atoms with Gasteiger partial charge in [-0.1, -0.05) is 19.3 Å². The van der Waals surface area contributed by atoms with Crippen LogP contribution in [0.4, 0.5) is 0 Å². The molecule has 0 radical (unpaired) electrons. The molecule has 1 saturated carbocycles. The molecule has 2 nitrogen and oxygen atoms in total. The molecule has 0 atom stereocenters. The van der Waals surface area contributed by atoms with Gasteiger partial charge in [0.15, 0.2) is 0 Å². The molecule has 0 N–H and O–H groups in total. The third-order valence-corrected chi connectivity index (χ3v) is 3.69. The fraction of sp³-hybridized carbons (Fsp3) is 0.636. The van der Waals surface area contributed by atoms with Crippen LogP contribution in [0.5, 0.6) is 0 Å². The molecular weight excluding hydrogens is 192 g/mol. The summed E-state index contributed by atoms with van der Waals surface area (Å²) in [5.74, 6) is 0. The van der Waals surface area contributed by atoms with Crippen LogP contribution >= 0.6 is 11.3 Å². The Bertz CT molecular complexity index is 318. The van der Waals surface area contributed by atoms with E-state index in [1.165, 1.54) is 19.3 Å². The highest BCUT2D eigenvalue weighted by Gasteiger charge is 2.32. The van der Waals surface area contributed by atoms with Crippen molar-refractivity contribution in [2.24, 2.45) is 5.41 Å². The first kappa shape index (κ1) is 9.67. The minimum Gasteiger partial charge on any atom is -0.250 e. The molecule has 1 aromatic rings. The van der Waals surface area contributed by atoms with Crippen molar-refractivity contribution in [3.05, 3.63) is 16.6 Å². The van der Waals surface area contributed by atoms with E-state index in [0.29, 0.717) is 0 Å². The molecule has 1 aliphatic carbocycles. The molecule has 0 unspecified atom stereocenters. The summed E-state index contributed by atoms with van der Waals surface area (Å²) in [5.41, 5.74) is 2.84. The number of thiazole rings is 1. The molecule has 74 valence electrons. The maximum atomic E-state index is 9.27. The Morgan fingerprint density at radius 1 is 1.43 bits per heavy atom. The van der Waals surface area contributed by atoms with Crippen LogP contribution < -0.4 is 0 Å². The molecule has 1 aliphatic rings. The molecule has 14 heavy (non-hydrogen) atoms. The zero-order valence-electron chi connectivity index (χ0n) is 8.20. The second-order valence-electron chi connectivity index (χ2n) is 4.11. The molecule has 0 spiro atoms. The standard InChI is InChI=1S/C11H14N2S/c12-8-11(4-2-1-3-5-11)6-10-7-14-9-13-10/h7,9H,1-6H2. The molecule has 2 rings (SSSR count). The van der Waals surface area contributed by atoms with Crippen molar-refractivity contribution in [3.8, 4) is 6.07 Å². The van der Waals surface area contributed by atoms with Crippen molar-refractivity contribution in [1.29, 1.82) is 5.26 Å². The molecule has 0 aliphatic heterocycles. The monoisotopic (exact) mass is 206 g/mol.